The van der Waals surface area contributed by atoms with E-state index in [1.54, 1.807) is 6.07 Å². The molecule has 0 aliphatic heterocycles. The number of halogens is 1. The van der Waals surface area contributed by atoms with Gasteiger partial charge in [-0.1, -0.05) is 19.8 Å². The first-order chi connectivity index (χ1) is 8.63. The van der Waals surface area contributed by atoms with Gasteiger partial charge in [0.05, 0.1) is 18.5 Å². The molecule has 1 aromatic carbocycles. The van der Waals surface area contributed by atoms with Gasteiger partial charge in [-0.25, -0.2) is 4.39 Å². The molecule has 0 amide bonds. The largest absolute Gasteiger partial charge is 0.494 e. The summed E-state index contributed by atoms with van der Waals surface area (Å²) < 4.78 is 18.4. The van der Waals surface area contributed by atoms with E-state index in [2.05, 4.69) is 12.2 Å². The summed E-state index contributed by atoms with van der Waals surface area (Å²) in [5.41, 5.74) is 7.03. The minimum absolute atomic E-state index is 0.230. The number of nitrogens with one attached hydrogen (secondary N) is 1. The predicted octanol–water partition coefficient (Wildman–Crippen LogP) is 3.41. The van der Waals surface area contributed by atoms with Crippen LogP contribution in [0, 0.1) is 11.7 Å². The SMILES string of the molecule is CCC(CC1CC1)Nc1cc(OC)c(F)cc1N. The van der Waals surface area contributed by atoms with Gasteiger partial charge in [0.1, 0.15) is 0 Å². The molecule has 1 saturated carbocycles. The van der Waals surface area contributed by atoms with Crippen molar-refractivity contribution in [2.45, 2.75) is 38.6 Å². The van der Waals surface area contributed by atoms with Gasteiger partial charge >= 0.3 is 0 Å². The highest BCUT2D eigenvalue weighted by molar-refractivity contribution is 5.69. The van der Waals surface area contributed by atoms with E-state index in [4.69, 9.17) is 10.5 Å². The van der Waals surface area contributed by atoms with Crippen LogP contribution in [0.15, 0.2) is 12.1 Å². The molecule has 0 aromatic heterocycles. The van der Waals surface area contributed by atoms with Crippen molar-refractivity contribution in [3.8, 4) is 5.75 Å². The maximum Gasteiger partial charge on any atom is 0.167 e. The highest BCUT2D eigenvalue weighted by Crippen LogP contribution is 2.36. The Bertz CT molecular complexity index is 419. The Morgan fingerprint density at radius 1 is 1.50 bits per heavy atom. The highest BCUT2D eigenvalue weighted by Gasteiger charge is 2.25. The highest BCUT2D eigenvalue weighted by atomic mass is 19.1. The van der Waals surface area contributed by atoms with Gasteiger partial charge in [-0.05, 0) is 18.8 Å². The van der Waals surface area contributed by atoms with E-state index < -0.39 is 5.82 Å². The Kier molecular flexibility index (Phi) is 3.94. The zero-order chi connectivity index (χ0) is 13.1. The Morgan fingerprint density at radius 2 is 2.22 bits per heavy atom. The fourth-order valence-electron chi connectivity index (χ4n) is 2.15. The lowest BCUT2D eigenvalue weighted by Crippen LogP contribution is -2.20. The van der Waals surface area contributed by atoms with Crippen LogP contribution in [0.1, 0.15) is 32.6 Å². The van der Waals surface area contributed by atoms with Crippen LogP contribution < -0.4 is 15.8 Å². The van der Waals surface area contributed by atoms with Crippen molar-refractivity contribution in [3.63, 3.8) is 0 Å². The van der Waals surface area contributed by atoms with Crippen LogP contribution in [-0.4, -0.2) is 13.2 Å². The number of methoxy groups -OCH3 is 1. The standard InChI is InChI=1S/C14H21FN2O/c1-3-10(6-9-4-5-9)17-13-8-14(18-2)11(15)7-12(13)16/h7-10,17H,3-6,16H2,1-2H3. The van der Waals surface area contributed by atoms with Gasteiger partial charge in [0, 0.05) is 18.2 Å². The molecule has 18 heavy (non-hydrogen) atoms. The molecule has 1 aliphatic carbocycles. The van der Waals surface area contributed by atoms with E-state index in [-0.39, 0.29) is 5.75 Å². The Labute approximate surface area is 108 Å². The number of nitrogen functional groups attached to an aromatic ring is 1. The molecule has 1 fully saturated rings. The normalized spacial score (nSPS) is 16.4. The van der Waals surface area contributed by atoms with Gasteiger partial charge in [0.15, 0.2) is 11.6 Å². The molecule has 3 nitrogen and oxygen atoms in total. The minimum Gasteiger partial charge on any atom is -0.494 e. The summed E-state index contributed by atoms with van der Waals surface area (Å²) in [6, 6.07) is 3.35. The molecule has 100 valence electrons. The minimum atomic E-state index is -0.421. The molecular weight excluding hydrogens is 231 g/mol. The first-order valence-corrected chi connectivity index (χ1v) is 6.53. The first-order valence-electron chi connectivity index (χ1n) is 6.53. The zero-order valence-electron chi connectivity index (χ0n) is 11.0. The molecule has 1 aromatic rings. The van der Waals surface area contributed by atoms with Gasteiger partial charge in [-0.3, -0.25) is 0 Å². The Balaban J connectivity index is 2.10. The summed E-state index contributed by atoms with van der Waals surface area (Å²) in [5.74, 6) is 0.662. The van der Waals surface area contributed by atoms with Crippen LogP contribution in [0.2, 0.25) is 0 Å². The van der Waals surface area contributed by atoms with E-state index in [0.29, 0.717) is 11.7 Å². The third-order valence-corrected chi connectivity index (χ3v) is 3.49. The number of nitrogens with two attached hydrogens (primary N) is 1. The second kappa shape index (κ2) is 5.46. The van der Waals surface area contributed by atoms with Crippen molar-refractivity contribution in [3.05, 3.63) is 17.9 Å². The molecule has 0 bridgehead atoms. The van der Waals surface area contributed by atoms with E-state index in [1.807, 2.05) is 0 Å². The van der Waals surface area contributed by atoms with Gasteiger partial charge in [0.25, 0.3) is 0 Å². The molecule has 1 aliphatic rings. The fourth-order valence-corrected chi connectivity index (χ4v) is 2.15. The van der Waals surface area contributed by atoms with E-state index in [0.717, 1.165) is 24.4 Å². The Hall–Kier alpha value is -1.45. The van der Waals surface area contributed by atoms with Crippen molar-refractivity contribution in [2.24, 2.45) is 5.92 Å². The number of hydrogen-bond acceptors (Lipinski definition) is 3. The van der Waals surface area contributed by atoms with E-state index in [9.17, 15) is 4.39 Å². The van der Waals surface area contributed by atoms with Crippen molar-refractivity contribution in [1.29, 1.82) is 0 Å². The zero-order valence-corrected chi connectivity index (χ0v) is 11.0. The smallest absolute Gasteiger partial charge is 0.167 e. The lowest BCUT2D eigenvalue weighted by Gasteiger charge is -2.20. The lowest BCUT2D eigenvalue weighted by atomic mass is 10.1. The Morgan fingerprint density at radius 3 is 2.78 bits per heavy atom. The number of hydrogen-bond donors (Lipinski definition) is 2. The summed E-state index contributed by atoms with van der Waals surface area (Å²) in [5, 5.41) is 3.40. The van der Waals surface area contributed by atoms with E-state index >= 15 is 0 Å². The summed E-state index contributed by atoms with van der Waals surface area (Å²) >= 11 is 0. The van der Waals surface area contributed by atoms with Gasteiger partial charge in [0.2, 0.25) is 0 Å². The molecule has 3 N–H and O–H groups in total. The van der Waals surface area contributed by atoms with Crippen molar-refractivity contribution in [2.75, 3.05) is 18.2 Å². The number of rotatable bonds is 6. The summed E-state index contributed by atoms with van der Waals surface area (Å²) in [6.07, 6.45) is 4.87. The molecule has 1 atom stereocenters. The molecule has 2 rings (SSSR count). The maximum atomic E-state index is 13.4. The van der Waals surface area contributed by atoms with Crippen molar-refractivity contribution < 1.29 is 9.13 Å². The van der Waals surface area contributed by atoms with E-state index in [1.165, 1.54) is 26.0 Å². The monoisotopic (exact) mass is 252 g/mol. The van der Waals surface area contributed by atoms with Gasteiger partial charge < -0.3 is 15.8 Å². The number of benzene rings is 1. The molecule has 0 radical (unpaired) electrons. The molecular formula is C14H21FN2O. The van der Waals surface area contributed by atoms with Gasteiger partial charge in [-0.15, -0.1) is 0 Å². The molecule has 0 spiro atoms. The van der Waals surface area contributed by atoms with Crippen molar-refractivity contribution >= 4 is 11.4 Å². The second-order valence-corrected chi connectivity index (χ2v) is 5.00. The summed E-state index contributed by atoms with van der Waals surface area (Å²) in [6.45, 7) is 2.15. The first kappa shape index (κ1) is 13.0. The van der Waals surface area contributed by atoms with Crippen LogP contribution in [0.3, 0.4) is 0 Å². The number of anilines is 2. The van der Waals surface area contributed by atoms with Crippen LogP contribution in [0.4, 0.5) is 15.8 Å². The second-order valence-electron chi connectivity index (χ2n) is 5.00. The van der Waals surface area contributed by atoms with Crippen LogP contribution in [0.25, 0.3) is 0 Å². The molecule has 1 unspecified atom stereocenters. The third-order valence-electron chi connectivity index (χ3n) is 3.49. The van der Waals surface area contributed by atoms with Crippen LogP contribution in [-0.2, 0) is 0 Å². The summed E-state index contributed by atoms with van der Waals surface area (Å²) in [7, 11) is 1.46. The van der Waals surface area contributed by atoms with Crippen LogP contribution in [0.5, 0.6) is 5.75 Å². The third kappa shape index (κ3) is 3.06. The fraction of sp³-hybridized carbons (Fsp3) is 0.571. The average Bonchev–Trinajstić information content (AvgIpc) is 3.15. The van der Waals surface area contributed by atoms with Crippen LogP contribution >= 0.6 is 0 Å². The summed E-state index contributed by atoms with van der Waals surface area (Å²) in [4.78, 5) is 0. The predicted molar refractivity (Wildman–Crippen MR) is 72.4 cm³/mol. The quantitative estimate of drug-likeness (QED) is 0.763. The maximum absolute atomic E-state index is 13.4. The van der Waals surface area contributed by atoms with Crippen molar-refractivity contribution in [1.82, 2.24) is 0 Å². The van der Waals surface area contributed by atoms with Gasteiger partial charge in [-0.2, -0.15) is 0 Å². The molecule has 0 heterocycles. The number of ether oxygens (including phenoxy) is 1. The topological polar surface area (TPSA) is 47.3 Å². The lowest BCUT2D eigenvalue weighted by molar-refractivity contribution is 0.387. The molecule has 0 saturated heterocycles. The average molecular weight is 252 g/mol. The molecule has 4 heteroatoms.